The number of hydrogen-bond acceptors (Lipinski definition) is 3. The predicted molar refractivity (Wildman–Crippen MR) is 113 cm³/mol. The zero-order valence-corrected chi connectivity index (χ0v) is 18.7. The first kappa shape index (κ1) is 24.7. The van der Waals surface area contributed by atoms with Gasteiger partial charge in [-0.15, -0.1) is 24.0 Å². The van der Waals surface area contributed by atoms with E-state index in [0.29, 0.717) is 26.2 Å². The van der Waals surface area contributed by atoms with Crippen LogP contribution < -0.4 is 5.32 Å². The van der Waals surface area contributed by atoms with E-state index in [-0.39, 0.29) is 29.9 Å². The highest BCUT2D eigenvalue weighted by molar-refractivity contribution is 14.0. The van der Waals surface area contributed by atoms with Crippen LogP contribution in [0, 0.1) is 5.92 Å². The Bertz CT molecular complexity index is 470. The van der Waals surface area contributed by atoms with Crippen molar-refractivity contribution in [2.75, 3.05) is 45.8 Å². The Labute approximate surface area is 177 Å². The van der Waals surface area contributed by atoms with E-state index in [0.717, 1.165) is 51.2 Å². The lowest BCUT2D eigenvalue weighted by molar-refractivity contribution is -0.146. The van der Waals surface area contributed by atoms with Gasteiger partial charge in [0.2, 0.25) is 0 Å². The molecule has 0 amide bonds. The molecule has 27 heavy (non-hydrogen) atoms. The molecule has 2 aliphatic rings. The van der Waals surface area contributed by atoms with Gasteiger partial charge in [0.15, 0.2) is 5.96 Å². The SMILES string of the molecule is CCNC(=NCC1(O)CCCC1)N1CCC(CN(CC)CC(F)(F)F)C1.I. The molecule has 1 atom stereocenters. The van der Waals surface area contributed by atoms with Gasteiger partial charge in [0.05, 0.1) is 18.7 Å². The first-order valence-electron chi connectivity index (χ1n) is 9.79. The van der Waals surface area contributed by atoms with E-state index >= 15 is 0 Å². The Kier molecular flexibility index (Phi) is 10.1. The van der Waals surface area contributed by atoms with Crippen LogP contribution in [0.5, 0.6) is 0 Å². The van der Waals surface area contributed by atoms with E-state index in [1.54, 1.807) is 6.92 Å². The van der Waals surface area contributed by atoms with Crippen LogP contribution in [-0.2, 0) is 0 Å². The van der Waals surface area contributed by atoms with Crippen molar-refractivity contribution < 1.29 is 18.3 Å². The summed E-state index contributed by atoms with van der Waals surface area (Å²) in [7, 11) is 0. The van der Waals surface area contributed by atoms with Crippen molar-refractivity contribution >= 4 is 29.9 Å². The van der Waals surface area contributed by atoms with Crippen LogP contribution in [0.4, 0.5) is 13.2 Å². The van der Waals surface area contributed by atoms with Gasteiger partial charge < -0.3 is 15.3 Å². The third kappa shape index (κ3) is 8.31. The molecule has 0 aromatic carbocycles. The summed E-state index contributed by atoms with van der Waals surface area (Å²) >= 11 is 0. The first-order chi connectivity index (χ1) is 12.2. The fraction of sp³-hybridized carbons (Fsp3) is 0.944. The summed E-state index contributed by atoms with van der Waals surface area (Å²) in [4.78, 5) is 8.22. The number of nitrogens with one attached hydrogen (secondary N) is 1. The van der Waals surface area contributed by atoms with Crippen LogP contribution in [0.25, 0.3) is 0 Å². The monoisotopic (exact) mass is 506 g/mol. The molecular formula is C18H34F3IN4O. The molecule has 1 unspecified atom stereocenters. The van der Waals surface area contributed by atoms with Crippen LogP contribution in [0.3, 0.4) is 0 Å². The third-order valence-electron chi connectivity index (χ3n) is 5.34. The number of guanidine groups is 1. The number of hydrogen-bond donors (Lipinski definition) is 2. The third-order valence-corrected chi connectivity index (χ3v) is 5.34. The minimum atomic E-state index is -4.15. The average molecular weight is 506 g/mol. The topological polar surface area (TPSA) is 51.1 Å². The van der Waals surface area contributed by atoms with Gasteiger partial charge >= 0.3 is 6.18 Å². The maximum Gasteiger partial charge on any atom is 0.401 e. The molecule has 1 saturated carbocycles. The van der Waals surface area contributed by atoms with Crippen molar-refractivity contribution in [1.82, 2.24) is 15.1 Å². The van der Waals surface area contributed by atoms with Gasteiger partial charge in [-0.25, -0.2) is 0 Å². The van der Waals surface area contributed by atoms with Crippen LogP contribution in [0.1, 0.15) is 46.0 Å². The maximum absolute atomic E-state index is 12.7. The van der Waals surface area contributed by atoms with Crippen molar-refractivity contribution in [3.63, 3.8) is 0 Å². The second-order valence-electron chi connectivity index (χ2n) is 7.65. The quantitative estimate of drug-likeness (QED) is 0.317. The molecule has 9 heteroatoms. The molecule has 1 heterocycles. The van der Waals surface area contributed by atoms with Crippen molar-refractivity contribution in [2.24, 2.45) is 10.9 Å². The van der Waals surface area contributed by atoms with Crippen molar-refractivity contribution in [2.45, 2.75) is 57.7 Å². The fourth-order valence-electron chi connectivity index (χ4n) is 3.94. The summed E-state index contributed by atoms with van der Waals surface area (Å²) in [5, 5.41) is 13.8. The summed E-state index contributed by atoms with van der Waals surface area (Å²) < 4.78 is 38.0. The van der Waals surface area contributed by atoms with E-state index < -0.39 is 18.3 Å². The molecule has 2 N–H and O–H groups in total. The average Bonchev–Trinajstić information content (AvgIpc) is 3.19. The smallest absolute Gasteiger partial charge is 0.388 e. The number of aliphatic hydroxyl groups is 1. The summed E-state index contributed by atoms with van der Waals surface area (Å²) in [6.07, 6.45) is 0.383. The molecule has 2 fully saturated rings. The number of rotatable bonds is 7. The van der Waals surface area contributed by atoms with E-state index in [9.17, 15) is 18.3 Å². The van der Waals surface area contributed by atoms with Gasteiger partial charge in [-0.05, 0) is 38.6 Å². The molecular weight excluding hydrogens is 472 g/mol. The predicted octanol–water partition coefficient (Wildman–Crippen LogP) is 3.08. The summed E-state index contributed by atoms with van der Waals surface area (Å²) in [5.74, 6) is 0.977. The van der Waals surface area contributed by atoms with E-state index in [1.807, 2.05) is 6.92 Å². The number of likely N-dealkylation sites (tertiary alicyclic amines) is 1. The highest BCUT2D eigenvalue weighted by Crippen LogP contribution is 2.29. The number of nitrogens with zero attached hydrogens (tertiary/aromatic N) is 3. The van der Waals surface area contributed by atoms with Gasteiger partial charge in [-0.1, -0.05) is 19.8 Å². The molecule has 5 nitrogen and oxygen atoms in total. The van der Waals surface area contributed by atoms with Crippen LogP contribution >= 0.6 is 24.0 Å². The lowest BCUT2D eigenvalue weighted by atomic mass is 10.0. The zero-order chi connectivity index (χ0) is 19.2. The minimum absolute atomic E-state index is 0. The van der Waals surface area contributed by atoms with Gasteiger partial charge in [-0.3, -0.25) is 9.89 Å². The lowest BCUT2D eigenvalue weighted by Gasteiger charge is -2.27. The second kappa shape index (κ2) is 11.0. The highest BCUT2D eigenvalue weighted by atomic mass is 127. The second-order valence-corrected chi connectivity index (χ2v) is 7.65. The minimum Gasteiger partial charge on any atom is -0.388 e. The molecule has 0 bridgehead atoms. The number of aliphatic imine (C=N–C) groups is 1. The molecule has 0 aromatic rings. The lowest BCUT2D eigenvalue weighted by Crippen LogP contribution is -2.42. The summed E-state index contributed by atoms with van der Waals surface area (Å²) in [6, 6.07) is 0. The normalized spacial score (nSPS) is 23.0. The standard InChI is InChI=1S/C18H33F3N4O.HI/c1-3-22-16(23-13-17(26)8-5-6-9-17)25-10-7-15(12-25)11-24(4-2)14-18(19,20)21;/h15,26H,3-14H2,1-2H3,(H,22,23);1H. The molecule has 1 aliphatic carbocycles. The van der Waals surface area contributed by atoms with E-state index in [1.165, 1.54) is 4.90 Å². The molecule has 1 aliphatic heterocycles. The van der Waals surface area contributed by atoms with Gasteiger partial charge in [0, 0.05) is 26.2 Å². The molecule has 0 radical (unpaired) electrons. The van der Waals surface area contributed by atoms with Crippen LogP contribution in [-0.4, -0.2) is 78.5 Å². The summed E-state index contributed by atoms with van der Waals surface area (Å²) in [5.41, 5.74) is -0.689. The molecule has 0 spiro atoms. The van der Waals surface area contributed by atoms with Crippen LogP contribution in [0.15, 0.2) is 4.99 Å². The number of alkyl halides is 3. The van der Waals surface area contributed by atoms with Gasteiger partial charge in [-0.2, -0.15) is 13.2 Å². The Balaban J connectivity index is 0.00000364. The fourth-order valence-corrected chi connectivity index (χ4v) is 3.94. The van der Waals surface area contributed by atoms with Gasteiger partial charge in [0.25, 0.3) is 0 Å². The van der Waals surface area contributed by atoms with Crippen molar-refractivity contribution in [3.8, 4) is 0 Å². The molecule has 160 valence electrons. The Morgan fingerprint density at radius 1 is 1.30 bits per heavy atom. The van der Waals surface area contributed by atoms with Crippen LogP contribution in [0.2, 0.25) is 0 Å². The Morgan fingerprint density at radius 2 is 1.96 bits per heavy atom. The largest absolute Gasteiger partial charge is 0.401 e. The van der Waals surface area contributed by atoms with E-state index in [2.05, 4.69) is 15.2 Å². The first-order valence-corrected chi connectivity index (χ1v) is 9.79. The zero-order valence-electron chi connectivity index (χ0n) is 16.4. The number of halogens is 4. The molecule has 1 saturated heterocycles. The molecule has 0 aromatic heterocycles. The van der Waals surface area contributed by atoms with E-state index in [4.69, 9.17) is 0 Å². The maximum atomic E-state index is 12.7. The highest BCUT2D eigenvalue weighted by Gasteiger charge is 2.34. The Morgan fingerprint density at radius 3 is 2.52 bits per heavy atom. The van der Waals surface area contributed by atoms with Crippen molar-refractivity contribution in [3.05, 3.63) is 0 Å². The van der Waals surface area contributed by atoms with Gasteiger partial charge in [0.1, 0.15) is 0 Å². The van der Waals surface area contributed by atoms with Crippen molar-refractivity contribution in [1.29, 1.82) is 0 Å². The Hall–Kier alpha value is -0.290. The summed E-state index contributed by atoms with van der Waals surface area (Å²) in [6.45, 7) is 6.40. The molecule has 2 rings (SSSR count).